The second-order valence-electron chi connectivity index (χ2n) is 8.73. The van der Waals surface area contributed by atoms with Crippen LogP contribution in [-0.2, 0) is 11.2 Å². The number of aromatic amines is 1. The second-order valence-corrected chi connectivity index (χ2v) is 9.13. The van der Waals surface area contributed by atoms with Crippen molar-refractivity contribution < 1.29 is 4.79 Å². The number of nitrogens with one attached hydrogen (secondary N) is 2. The molecule has 1 saturated carbocycles. The number of hydrogen-bond acceptors (Lipinski definition) is 5. The van der Waals surface area contributed by atoms with E-state index in [0.717, 1.165) is 47.7 Å². The number of rotatable bonds is 6. The summed E-state index contributed by atoms with van der Waals surface area (Å²) in [5.41, 5.74) is 10.1. The summed E-state index contributed by atoms with van der Waals surface area (Å²) < 4.78 is 0. The SMILES string of the molecule is Nc1ccc(CC(=O)[C@H]2CCCC(Nc3ncc(Cl)c(-c4c[nH]c5ccccc45)n3)C2)cc1. The molecular formula is C26H26ClN5O. The Kier molecular flexibility index (Phi) is 6.01. The molecule has 2 atom stereocenters. The van der Waals surface area contributed by atoms with Crippen LogP contribution < -0.4 is 11.1 Å². The maximum atomic E-state index is 12.9. The molecule has 2 aromatic heterocycles. The number of carbonyl (C=O) groups is 1. The van der Waals surface area contributed by atoms with E-state index in [9.17, 15) is 4.79 Å². The van der Waals surface area contributed by atoms with Gasteiger partial charge in [-0.3, -0.25) is 4.79 Å². The minimum absolute atomic E-state index is 0.0363. The topological polar surface area (TPSA) is 96.7 Å². The molecule has 1 unspecified atom stereocenters. The zero-order valence-corrected chi connectivity index (χ0v) is 19.0. The molecule has 5 rings (SSSR count). The number of ketones is 1. The van der Waals surface area contributed by atoms with Gasteiger partial charge in [0.05, 0.1) is 16.9 Å². The van der Waals surface area contributed by atoms with Crippen LogP contribution in [0.3, 0.4) is 0 Å². The largest absolute Gasteiger partial charge is 0.399 e. The third kappa shape index (κ3) is 4.71. The van der Waals surface area contributed by atoms with Gasteiger partial charge in [-0.1, -0.05) is 48.4 Å². The van der Waals surface area contributed by atoms with Crippen molar-refractivity contribution in [2.45, 2.75) is 38.1 Å². The minimum Gasteiger partial charge on any atom is -0.399 e. The highest BCUT2D eigenvalue weighted by Crippen LogP contribution is 2.33. The highest BCUT2D eigenvalue weighted by Gasteiger charge is 2.27. The summed E-state index contributed by atoms with van der Waals surface area (Å²) in [6, 6.07) is 15.8. The second kappa shape index (κ2) is 9.24. The molecule has 0 bridgehead atoms. The molecule has 2 heterocycles. The molecule has 0 amide bonds. The smallest absolute Gasteiger partial charge is 0.223 e. The molecule has 4 N–H and O–H groups in total. The molecular weight excluding hydrogens is 434 g/mol. The monoisotopic (exact) mass is 459 g/mol. The Balaban J connectivity index is 1.29. The van der Waals surface area contributed by atoms with Crippen LogP contribution in [0.2, 0.25) is 5.02 Å². The van der Waals surface area contributed by atoms with Crippen molar-refractivity contribution in [1.29, 1.82) is 0 Å². The van der Waals surface area contributed by atoms with E-state index in [1.165, 1.54) is 0 Å². The lowest BCUT2D eigenvalue weighted by molar-refractivity contribution is -0.123. The van der Waals surface area contributed by atoms with E-state index in [1.807, 2.05) is 54.7 Å². The lowest BCUT2D eigenvalue weighted by atomic mass is 9.81. The minimum atomic E-state index is 0.0363. The van der Waals surface area contributed by atoms with E-state index in [2.05, 4.69) is 15.3 Å². The van der Waals surface area contributed by atoms with Crippen molar-refractivity contribution in [2.24, 2.45) is 5.92 Å². The molecule has 1 fully saturated rings. The van der Waals surface area contributed by atoms with Crippen molar-refractivity contribution in [2.75, 3.05) is 11.1 Å². The van der Waals surface area contributed by atoms with Crippen LogP contribution in [0, 0.1) is 5.92 Å². The van der Waals surface area contributed by atoms with Gasteiger partial charge in [0.25, 0.3) is 0 Å². The predicted molar refractivity (Wildman–Crippen MR) is 133 cm³/mol. The number of hydrogen-bond donors (Lipinski definition) is 3. The van der Waals surface area contributed by atoms with Gasteiger partial charge in [-0.25, -0.2) is 9.97 Å². The first-order chi connectivity index (χ1) is 16.1. The predicted octanol–water partition coefficient (Wildman–Crippen LogP) is 5.64. The summed E-state index contributed by atoms with van der Waals surface area (Å²) in [5.74, 6) is 0.855. The summed E-state index contributed by atoms with van der Waals surface area (Å²) in [5, 5.41) is 5.02. The number of H-pyrrole nitrogens is 1. The van der Waals surface area contributed by atoms with Crippen molar-refractivity contribution >= 4 is 39.9 Å². The maximum absolute atomic E-state index is 12.9. The number of Topliss-reactive ketones (excluding diaryl/α,β-unsaturated/α-hetero) is 1. The fraction of sp³-hybridized carbons (Fsp3) is 0.269. The molecule has 0 saturated heterocycles. The van der Waals surface area contributed by atoms with Crippen LogP contribution >= 0.6 is 11.6 Å². The molecule has 4 aromatic rings. The normalized spacial score (nSPS) is 18.3. The van der Waals surface area contributed by atoms with Crippen molar-refractivity contribution in [3.05, 3.63) is 71.5 Å². The summed E-state index contributed by atoms with van der Waals surface area (Å²) in [7, 11) is 0. The van der Waals surface area contributed by atoms with Crippen LogP contribution in [0.5, 0.6) is 0 Å². The van der Waals surface area contributed by atoms with Gasteiger partial charge >= 0.3 is 0 Å². The number of halogens is 1. The molecule has 0 spiro atoms. The summed E-state index contributed by atoms with van der Waals surface area (Å²) in [4.78, 5) is 25.3. The van der Waals surface area contributed by atoms with E-state index < -0.39 is 0 Å². The van der Waals surface area contributed by atoms with Gasteiger partial charge in [-0.05, 0) is 43.0 Å². The zero-order valence-electron chi connectivity index (χ0n) is 18.2. The standard InChI is InChI=1S/C26H26ClN5O/c27-22-15-30-26(32-25(22)21-14-29-23-7-2-1-6-20(21)23)31-19-5-3-4-17(13-19)24(33)12-16-8-10-18(28)11-9-16/h1-2,6-11,14-15,17,19,29H,3-5,12-13,28H2,(H,30,31,32)/t17-,19?/m0/s1. The molecule has 2 aromatic carbocycles. The number of aromatic nitrogens is 3. The number of para-hydroxylation sites is 1. The number of carbonyl (C=O) groups excluding carboxylic acids is 1. The highest BCUT2D eigenvalue weighted by atomic mass is 35.5. The van der Waals surface area contributed by atoms with Gasteiger partial charge in [-0.15, -0.1) is 0 Å². The van der Waals surface area contributed by atoms with Gasteiger partial charge in [0.1, 0.15) is 5.78 Å². The molecule has 0 aliphatic heterocycles. The van der Waals surface area contributed by atoms with E-state index in [4.69, 9.17) is 22.3 Å². The number of fused-ring (bicyclic) bond motifs is 1. The number of nitrogen functional groups attached to an aromatic ring is 1. The first-order valence-electron chi connectivity index (χ1n) is 11.3. The van der Waals surface area contributed by atoms with Crippen molar-refractivity contribution in [1.82, 2.24) is 15.0 Å². The Morgan fingerprint density at radius 3 is 2.82 bits per heavy atom. The Morgan fingerprint density at radius 1 is 1.15 bits per heavy atom. The molecule has 1 aliphatic rings. The van der Waals surface area contributed by atoms with Gasteiger partial charge in [0.15, 0.2) is 0 Å². The molecule has 168 valence electrons. The first-order valence-corrected chi connectivity index (χ1v) is 11.7. The molecule has 1 aliphatic carbocycles. The van der Waals surface area contributed by atoms with E-state index in [-0.39, 0.29) is 17.7 Å². The maximum Gasteiger partial charge on any atom is 0.223 e. The Bertz CT molecular complexity index is 1280. The highest BCUT2D eigenvalue weighted by molar-refractivity contribution is 6.33. The Hall–Kier alpha value is -3.38. The molecule has 6 nitrogen and oxygen atoms in total. The fourth-order valence-electron chi connectivity index (χ4n) is 4.67. The number of nitrogens with zero attached hydrogens (tertiary/aromatic N) is 2. The number of nitrogens with two attached hydrogens (primary N) is 1. The third-order valence-electron chi connectivity index (χ3n) is 6.41. The molecule has 0 radical (unpaired) electrons. The van der Waals surface area contributed by atoms with Crippen LogP contribution in [0.25, 0.3) is 22.2 Å². The third-order valence-corrected chi connectivity index (χ3v) is 6.69. The van der Waals surface area contributed by atoms with Gasteiger partial charge in [0.2, 0.25) is 5.95 Å². The Labute approximate surface area is 197 Å². The Morgan fingerprint density at radius 2 is 1.97 bits per heavy atom. The molecule has 33 heavy (non-hydrogen) atoms. The van der Waals surface area contributed by atoms with E-state index in [0.29, 0.717) is 28.8 Å². The lowest BCUT2D eigenvalue weighted by Gasteiger charge is -2.29. The summed E-state index contributed by atoms with van der Waals surface area (Å²) in [6.07, 6.45) is 7.70. The fourth-order valence-corrected chi connectivity index (χ4v) is 4.86. The number of benzene rings is 2. The summed E-state index contributed by atoms with van der Waals surface area (Å²) in [6.45, 7) is 0. The van der Waals surface area contributed by atoms with E-state index in [1.54, 1.807) is 6.20 Å². The van der Waals surface area contributed by atoms with Gasteiger partial charge in [-0.2, -0.15) is 0 Å². The zero-order chi connectivity index (χ0) is 22.8. The lowest BCUT2D eigenvalue weighted by Crippen LogP contribution is -2.32. The van der Waals surface area contributed by atoms with Crippen molar-refractivity contribution in [3.8, 4) is 11.3 Å². The summed E-state index contributed by atoms with van der Waals surface area (Å²) >= 11 is 6.46. The van der Waals surface area contributed by atoms with E-state index >= 15 is 0 Å². The average Bonchev–Trinajstić information content (AvgIpc) is 3.26. The van der Waals surface area contributed by atoms with Gasteiger partial charge < -0.3 is 16.0 Å². The number of anilines is 2. The van der Waals surface area contributed by atoms with Crippen molar-refractivity contribution in [3.63, 3.8) is 0 Å². The van der Waals surface area contributed by atoms with Crippen LogP contribution in [0.1, 0.15) is 31.2 Å². The van der Waals surface area contributed by atoms with Gasteiger partial charge in [0, 0.05) is 46.7 Å². The quantitative estimate of drug-likeness (QED) is 0.324. The average molecular weight is 460 g/mol. The van der Waals surface area contributed by atoms with Crippen LogP contribution in [0.15, 0.2) is 60.9 Å². The van der Waals surface area contributed by atoms with Crippen LogP contribution in [-0.4, -0.2) is 26.8 Å². The first kappa shape index (κ1) is 21.5. The van der Waals surface area contributed by atoms with Crippen LogP contribution in [0.4, 0.5) is 11.6 Å². The molecule has 7 heteroatoms.